The molecule has 1 N–H and O–H groups in total. The van der Waals surface area contributed by atoms with E-state index in [1.807, 2.05) is 4.90 Å². The van der Waals surface area contributed by atoms with E-state index in [0.29, 0.717) is 24.2 Å². The summed E-state index contributed by atoms with van der Waals surface area (Å²) in [5, 5.41) is 3.45. The topological polar surface area (TPSA) is 41.6 Å². The average molecular weight is 296 g/mol. The first-order valence-corrected chi connectivity index (χ1v) is 8.80. The molecule has 0 aromatic carbocycles. The maximum absolute atomic E-state index is 12.5. The SMILES string of the molecule is CCCOC1CCCN(C(=O)CC(C)C2CCCNC2)C1. The van der Waals surface area contributed by atoms with E-state index >= 15 is 0 Å². The van der Waals surface area contributed by atoms with Crippen molar-refractivity contribution in [3.8, 4) is 0 Å². The zero-order valence-corrected chi connectivity index (χ0v) is 13.8. The fourth-order valence-corrected chi connectivity index (χ4v) is 3.52. The van der Waals surface area contributed by atoms with Crippen molar-refractivity contribution in [2.24, 2.45) is 11.8 Å². The van der Waals surface area contributed by atoms with E-state index in [9.17, 15) is 4.79 Å². The highest BCUT2D eigenvalue weighted by molar-refractivity contribution is 5.76. The molecule has 21 heavy (non-hydrogen) atoms. The van der Waals surface area contributed by atoms with Crippen LogP contribution in [0.15, 0.2) is 0 Å². The third-order valence-corrected chi connectivity index (χ3v) is 4.92. The lowest BCUT2D eigenvalue weighted by Crippen LogP contribution is -2.44. The van der Waals surface area contributed by atoms with Crippen LogP contribution in [-0.2, 0) is 9.53 Å². The van der Waals surface area contributed by atoms with E-state index in [4.69, 9.17) is 4.74 Å². The number of piperidine rings is 2. The second-order valence-electron chi connectivity index (χ2n) is 6.76. The lowest BCUT2D eigenvalue weighted by atomic mass is 9.85. The fourth-order valence-electron chi connectivity index (χ4n) is 3.52. The molecule has 1 amide bonds. The first-order chi connectivity index (χ1) is 10.2. The Morgan fingerprint density at radius 3 is 2.95 bits per heavy atom. The highest BCUT2D eigenvalue weighted by atomic mass is 16.5. The summed E-state index contributed by atoms with van der Waals surface area (Å²) in [4.78, 5) is 14.6. The van der Waals surface area contributed by atoms with Gasteiger partial charge in [-0.25, -0.2) is 0 Å². The quantitative estimate of drug-likeness (QED) is 0.818. The molecule has 0 aliphatic carbocycles. The van der Waals surface area contributed by atoms with Crippen LogP contribution in [0.2, 0.25) is 0 Å². The zero-order valence-electron chi connectivity index (χ0n) is 13.8. The number of ether oxygens (including phenoxy) is 1. The van der Waals surface area contributed by atoms with Crippen molar-refractivity contribution in [2.45, 2.75) is 58.5 Å². The Balaban J connectivity index is 1.76. The lowest BCUT2D eigenvalue weighted by molar-refractivity contribution is -0.136. The predicted molar refractivity (Wildman–Crippen MR) is 85.2 cm³/mol. The molecule has 2 fully saturated rings. The largest absolute Gasteiger partial charge is 0.376 e. The molecule has 3 atom stereocenters. The van der Waals surface area contributed by atoms with Gasteiger partial charge < -0.3 is 15.0 Å². The normalized spacial score (nSPS) is 28.4. The van der Waals surface area contributed by atoms with Crippen LogP contribution in [0.5, 0.6) is 0 Å². The lowest BCUT2D eigenvalue weighted by Gasteiger charge is -2.34. The number of carbonyl (C=O) groups is 1. The third-order valence-electron chi connectivity index (χ3n) is 4.92. The number of amides is 1. The third kappa shape index (κ3) is 5.26. The Labute approximate surface area is 129 Å². The van der Waals surface area contributed by atoms with Gasteiger partial charge in [0.2, 0.25) is 5.91 Å². The van der Waals surface area contributed by atoms with Crippen molar-refractivity contribution in [1.29, 1.82) is 0 Å². The van der Waals surface area contributed by atoms with Crippen LogP contribution in [0.1, 0.15) is 52.4 Å². The molecule has 122 valence electrons. The second kappa shape index (κ2) is 8.74. The van der Waals surface area contributed by atoms with Gasteiger partial charge in [-0.1, -0.05) is 13.8 Å². The summed E-state index contributed by atoms with van der Waals surface area (Å²) in [5.41, 5.74) is 0. The molecule has 2 rings (SSSR count). The van der Waals surface area contributed by atoms with Crippen LogP contribution in [0.3, 0.4) is 0 Å². The van der Waals surface area contributed by atoms with Gasteiger partial charge in [0.25, 0.3) is 0 Å². The molecule has 0 spiro atoms. The van der Waals surface area contributed by atoms with Crippen molar-refractivity contribution >= 4 is 5.91 Å². The Bertz CT molecular complexity index is 316. The maximum Gasteiger partial charge on any atom is 0.222 e. The number of rotatable bonds is 6. The van der Waals surface area contributed by atoms with Gasteiger partial charge >= 0.3 is 0 Å². The summed E-state index contributed by atoms with van der Waals surface area (Å²) >= 11 is 0. The van der Waals surface area contributed by atoms with E-state index < -0.39 is 0 Å². The first-order valence-electron chi connectivity index (χ1n) is 8.80. The molecular weight excluding hydrogens is 264 g/mol. The minimum atomic E-state index is 0.259. The Morgan fingerprint density at radius 2 is 2.24 bits per heavy atom. The zero-order chi connectivity index (χ0) is 15.1. The molecule has 2 saturated heterocycles. The van der Waals surface area contributed by atoms with Gasteiger partial charge in [0.1, 0.15) is 0 Å². The minimum Gasteiger partial charge on any atom is -0.376 e. The molecule has 0 radical (unpaired) electrons. The molecule has 0 bridgehead atoms. The molecule has 0 aromatic rings. The van der Waals surface area contributed by atoms with Crippen LogP contribution in [-0.4, -0.2) is 49.7 Å². The number of nitrogens with one attached hydrogen (secondary N) is 1. The van der Waals surface area contributed by atoms with Crippen molar-refractivity contribution < 1.29 is 9.53 Å². The standard InChI is InChI=1S/C17H32N2O2/c1-3-10-21-16-7-5-9-19(13-16)17(20)11-14(2)15-6-4-8-18-12-15/h14-16,18H,3-13H2,1-2H3. The molecule has 0 aromatic heterocycles. The van der Waals surface area contributed by atoms with Crippen molar-refractivity contribution in [1.82, 2.24) is 10.2 Å². The molecule has 0 saturated carbocycles. The van der Waals surface area contributed by atoms with Crippen molar-refractivity contribution in [3.63, 3.8) is 0 Å². The summed E-state index contributed by atoms with van der Waals surface area (Å²) < 4.78 is 5.83. The molecule has 2 heterocycles. The van der Waals surface area contributed by atoms with Gasteiger partial charge in [0, 0.05) is 26.1 Å². The smallest absolute Gasteiger partial charge is 0.222 e. The van der Waals surface area contributed by atoms with Crippen LogP contribution in [0.25, 0.3) is 0 Å². The van der Waals surface area contributed by atoms with Gasteiger partial charge in [0.05, 0.1) is 6.10 Å². The van der Waals surface area contributed by atoms with Gasteiger partial charge in [-0.05, 0) is 57.0 Å². The summed E-state index contributed by atoms with van der Waals surface area (Å²) in [5.74, 6) is 1.49. The number of likely N-dealkylation sites (tertiary alicyclic amines) is 1. The second-order valence-corrected chi connectivity index (χ2v) is 6.76. The van der Waals surface area contributed by atoms with E-state index in [2.05, 4.69) is 19.2 Å². The number of nitrogens with zero attached hydrogens (tertiary/aromatic N) is 1. The highest BCUT2D eigenvalue weighted by Crippen LogP contribution is 2.24. The summed E-state index contributed by atoms with van der Waals surface area (Å²) in [6, 6.07) is 0. The van der Waals surface area contributed by atoms with Crippen LogP contribution < -0.4 is 5.32 Å². The monoisotopic (exact) mass is 296 g/mol. The maximum atomic E-state index is 12.5. The van der Waals surface area contributed by atoms with Gasteiger partial charge in [-0.15, -0.1) is 0 Å². The molecule has 2 aliphatic rings. The molecule has 3 unspecified atom stereocenters. The van der Waals surface area contributed by atoms with E-state index in [1.165, 1.54) is 12.8 Å². The summed E-state index contributed by atoms with van der Waals surface area (Å²) in [6.07, 6.45) is 6.71. The van der Waals surface area contributed by atoms with Crippen LogP contribution in [0.4, 0.5) is 0 Å². The van der Waals surface area contributed by atoms with Crippen LogP contribution >= 0.6 is 0 Å². The molecular formula is C17H32N2O2. The van der Waals surface area contributed by atoms with Gasteiger partial charge in [-0.2, -0.15) is 0 Å². The molecule has 2 aliphatic heterocycles. The van der Waals surface area contributed by atoms with Crippen LogP contribution in [0, 0.1) is 11.8 Å². The van der Waals surface area contributed by atoms with Gasteiger partial charge in [-0.3, -0.25) is 4.79 Å². The Morgan fingerprint density at radius 1 is 1.38 bits per heavy atom. The Kier molecular flexibility index (Phi) is 6.97. The fraction of sp³-hybridized carbons (Fsp3) is 0.941. The first kappa shape index (κ1) is 16.8. The predicted octanol–water partition coefficient (Wildman–Crippen LogP) is 2.43. The average Bonchev–Trinajstić information content (AvgIpc) is 2.54. The van der Waals surface area contributed by atoms with Crippen molar-refractivity contribution in [2.75, 3.05) is 32.8 Å². The van der Waals surface area contributed by atoms with Gasteiger partial charge in [0.15, 0.2) is 0 Å². The number of hydrogen-bond acceptors (Lipinski definition) is 3. The minimum absolute atomic E-state index is 0.259. The molecule has 4 nitrogen and oxygen atoms in total. The highest BCUT2D eigenvalue weighted by Gasteiger charge is 2.27. The number of carbonyl (C=O) groups excluding carboxylic acids is 1. The van der Waals surface area contributed by atoms with E-state index in [-0.39, 0.29) is 6.10 Å². The van der Waals surface area contributed by atoms with E-state index in [0.717, 1.165) is 52.0 Å². The Hall–Kier alpha value is -0.610. The summed E-state index contributed by atoms with van der Waals surface area (Å²) in [7, 11) is 0. The van der Waals surface area contributed by atoms with Crippen molar-refractivity contribution in [3.05, 3.63) is 0 Å². The summed E-state index contributed by atoms with van der Waals surface area (Å²) in [6.45, 7) is 9.12. The molecule has 4 heteroatoms. The number of hydrogen-bond donors (Lipinski definition) is 1. The van der Waals surface area contributed by atoms with E-state index in [1.54, 1.807) is 0 Å².